The molecule has 0 amide bonds. The van der Waals surface area contributed by atoms with E-state index in [0.29, 0.717) is 53.3 Å². The van der Waals surface area contributed by atoms with Crippen LogP contribution < -0.4 is 0 Å². The molecule has 1 aliphatic heterocycles. The van der Waals surface area contributed by atoms with Gasteiger partial charge >= 0.3 is 0 Å². The number of ether oxygens (including phenoxy) is 3. The van der Waals surface area contributed by atoms with Crippen LogP contribution in [-0.4, -0.2) is 30.3 Å². The van der Waals surface area contributed by atoms with E-state index in [0.717, 1.165) is 55.4 Å². The standard InChI is InChI=1S/C23H25Cl2NO4/c24-18-2-1-3-19(25)20(18)21-17(22(30-26-21)13-4-5-13)12-27-16-10-14-6-7-15(11-16)23(14)28-8-9-29-23/h1-3,13-16H,4-12H2. The van der Waals surface area contributed by atoms with E-state index in [9.17, 15) is 0 Å². The number of benzene rings is 1. The van der Waals surface area contributed by atoms with Crippen molar-refractivity contribution >= 4 is 23.2 Å². The topological polar surface area (TPSA) is 53.7 Å². The molecule has 7 heteroatoms. The number of rotatable bonds is 5. The molecule has 30 heavy (non-hydrogen) atoms. The lowest BCUT2D eigenvalue weighted by Gasteiger charge is -2.41. The number of nitrogens with zero attached hydrogens (tertiary/aromatic N) is 1. The predicted molar refractivity (Wildman–Crippen MR) is 113 cm³/mol. The fourth-order valence-electron chi connectivity index (χ4n) is 5.73. The number of aromatic nitrogens is 1. The maximum Gasteiger partial charge on any atom is 0.174 e. The summed E-state index contributed by atoms with van der Waals surface area (Å²) in [5.41, 5.74) is 2.43. The summed E-state index contributed by atoms with van der Waals surface area (Å²) in [4.78, 5) is 0. The van der Waals surface area contributed by atoms with Gasteiger partial charge < -0.3 is 18.7 Å². The quantitative estimate of drug-likeness (QED) is 0.562. The van der Waals surface area contributed by atoms with Gasteiger partial charge in [-0.25, -0.2) is 0 Å². The molecular formula is C23H25Cl2NO4. The first-order chi connectivity index (χ1) is 14.7. The third-order valence-electron chi connectivity index (χ3n) is 7.26. The summed E-state index contributed by atoms with van der Waals surface area (Å²) in [6.07, 6.45) is 6.71. The maximum atomic E-state index is 6.47. The van der Waals surface area contributed by atoms with Crippen LogP contribution in [0.1, 0.15) is 55.8 Å². The van der Waals surface area contributed by atoms with Gasteiger partial charge in [-0.3, -0.25) is 0 Å². The van der Waals surface area contributed by atoms with Crippen molar-refractivity contribution in [2.45, 2.75) is 62.9 Å². The lowest BCUT2D eigenvalue weighted by Crippen LogP contribution is -2.47. The molecule has 160 valence electrons. The fourth-order valence-corrected chi connectivity index (χ4v) is 6.31. The Balaban J connectivity index is 1.24. The highest BCUT2D eigenvalue weighted by Gasteiger charge is 2.58. The van der Waals surface area contributed by atoms with Gasteiger partial charge in [-0.15, -0.1) is 0 Å². The average Bonchev–Trinajstić information content (AvgIpc) is 3.28. The van der Waals surface area contributed by atoms with E-state index in [4.69, 9.17) is 41.9 Å². The van der Waals surface area contributed by atoms with E-state index in [2.05, 4.69) is 5.16 Å². The fraction of sp³-hybridized carbons (Fsp3) is 0.609. The van der Waals surface area contributed by atoms with Gasteiger partial charge in [-0.05, 0) is 50.7 Å². The van der Waals surface area contributed by atoms with Crippen LogP contribution >= 0.6 is 23.2 Å². The zero-order valence-electron chi connectivity index (χ0n) is 16.7. The Morgan fingerprint density at radius 3 is 2.30 bits per heavy atom. The molecule has 1 saturated heterocycles. The second-order valence-corrected chi connectivity index (χ2v) is 9.85. The predicted octanol–water partition coefficient (Wildman–Crippen LogP) is 5.97. The van der Waals surface area contributed by atoms with Crippen molar-refractivity contribution in [1.29, 1.82) is 0 Å². The van der Waals surface area contributed by atoms with Gasteiger partial charge in [-0.1, -0.05) is 34.4 Å². The molecular weight excluding hydrogens is 425 g/mol. The van der Waals surface area contributed by atoms with Crippen molar-refractivity contribution in [2.75, 3.05) is 13.2 Å². The van der Waals surface area contributed by atoms with Gasteiger partial charge in [-0.2, -0.15) is 0 Å². The Hall–Kier alpha value is -1.11. The highest BCUT2D eigenvalue weighted by molar-refractivity contribution is 6.39. The smallest absolute Gasteiger partial charge is 0.174 e. The molecule has 6 rings (SSSR count). The zero-order chi connectivity index (χ0) is 20.3. The zero-order valence-corrected chi connectivity index (χ0v) is 18.3. The van der Waals surface area contributed by atoms with E-state index in [1.165, 1.54) is 0 Å². The Bertz CT molecular complexity index is 914. The third kappa shape index (κ3) is 3.13. The van der Waals surface area contributed by atoms with Crippen LogP contribution in [0.4, 0.5) is 0 Å². The van der Waals surface area contributed by atoms with E-state index >= 15 is 0 Å². The summed E-state index contributed by atoms with van der Waals surface area (Å²) >= 11 is 12.9. The molecule has 1 aromatic carbocycles. The van der Waals surface area contributed by atoms with E-state index in [1.54, 1.807) is 0 Å². The Kier molecular flexibility index (Phi) is 4.88. The van der Waals surface area contributed by atoms with E-state index < -0.39 is 0 Å². The Morgan fingerprint density at radius 1 is 1.00 bits per heavy atom. The normalized spacial score (nSPS) is 29.7. The molecule has 2 bridgehead atoms. The molecule has 4 fully saturated rings. The first-order valence-electron chi connectivity index (χ1n) is 11.0. The van der Waals surface area contributed by atoms with Gasteiger partial charge in [0, 0.05) is 28.9 Å². The summed E-state index contributed by atoms with van der Waals surface area (Å²) in [7, 11) is 0. The minimum atomic E-state index is -0.341. The second kappa shape index (κ2) is 7.49. The monoisotopic (exact) mass is 449 g/mol. The van der Waals surface area contributed by atoms with Gasteiger partial charge in [0.1, 0.15) is 11.5 Å². The lowest BCUT2D eigenvalue weighted by atomic mass is 9.81. The van der Waals surface area contributed by atoms with Crippen LogP contribution in [0.5, 0.6) is 0 Å². The molecule has 2 unspecified atom stereocenters. The van der Waals surface area contributed by atoms with Crippen LogP contribution in [0.15, 0.2) is 22.7 Å². The summed E-state index contributed by atoms with van der Waals surface area (Å²) < 4.78 is 24.4. The van der Waals surface area contributed by atoms with Crippen molar-refractivity contribution in [3.05, 3.63) is 39.6 Å². The highest BCUT2D eigenvalue weighted by atomic mass is 35.5. The van der Waals surface area contributed by atoms with Gasteiger partial charge in [0.05, 0.1) is 36.0 Å². The summed E-state index contributed by atoms with van der Waals surface area (Å²) in [6.45, 7) is 1.89. The summed E-state index contributed by atoms with van der Waals surface area (Å²) in [5, 5.41) is 5.52. The minimum absolute atomic E-state index is 0.192. The van der Waals surface area contributed by atoms with E-state index in [-0.39, 0.29) is 11.9 Å². The first-order valence-corrected chi connectivity index (χ1v) is 11.7. The largest absolute Gasteiger partial charge is 0.373 e. The van der Waals surface area contributed by atoms with Gasteiger partial charge in [0.2, 0.25) is 0 Å². The Morgan fingerprint density at radius 2 is 1.67 bits per heavy atom. The molecule has 0 N–H and O–H groups in total. The third-order valence-corrected chi connectivity index (χ3v) is 7.89. The molecule has 0 radical (unpaired) electrons. The minimum Gasteiger partial charge on any atom is -0.373 e. The van der Waals surface area contributed by atoms with Crippen LogP contribution in [0.25, 0.3) is 11.3 Å². The molecule has 3 saturated carbocycles. The van der Waals surface area contributed by atoms with Crippen molar-refractivity contribution < 1.29 is 18.7 Å². The summed E-state index contributed by atoms with van der Waals surface area (Å²) in [5.74, 6) is 1.86. The number of hydrogen-bond acceptors (Lipinski definition) is 5. The first kappa shape index (κ1) is 19.6. The van der Waals surface area contributed by atoms with Crippen LogP contribution in [-0.2, 0) is 20.8 Å². The SMILES string of the molecule is Clc1cccc(Cl)c1-c1noc(C2CC2)c1COC1CC2CCC(C1)C21OCCO1. The van der Waals surface area contributed by atoms with Crippen molar-refractivity contribution in [1.82, 2.24) is 5.16 Å². The molecule has 3 aliphatic carbocycles. The molecule has 4 aliphatic rings. The lowest BCUT2D eigenvalue weighted by molar-refractivity contribution is -0.238. The van der Waals surface area contributed by atoms with Crippen LogP contribution in [0.2, 0.25) is 10.0 Å². The Labute approximate surface area is 185 Å². The molecule has 5 nitrogen and oxygen atoms in total. The molecule has 2 aromatic rings. The highest BCUT2D eigenvalue weighted by Crippen LogP contribution is 2.55. The number of hydrogen-bond donors (Lipinski definition) is 0. The molecule has 2 heterocycles. The van der Waals surface area contributed by atoms with E-state index in [1.807, 2.05) is 18.2 Å². The van der Waals surface area contributed by atoms with Crippen molar-refractivity contribution in [2.24, 2.45) is 11.8 Å². The average molecular weight is 450 g/mol. The van der Waals surface area contributed by atoms with Crippen molar-refractivity contribution in [3.8, 4) is 11.3 Å². The van der Waals surface area contributed by atoms with Gasteiger partial charge in [0.15, 0.2) is 5.79 Å². The van der Waals surface area contributed by atoms with Crippen LogP contribution in [0, 0.1) is 11.8 Å². The molecule has 1 aromatic heterocycles. The number of halogens is 2. The molecule has 1 spiro atoms. The maximum absolute atomic E-state index is 6.47. The van der Waals surface area contributed by atoms with Crippen LogP contribution in [0.3, 0.4) is 0 Å². The second-order valence-electron chi connectivity index (χ2n) is 9.04. The van der Waals surface area contributed by atoms with Gasteiger partial charge in [0.25, 0.3) is 0 Å². The molecule has 2 atom stereocenters. The van der Waals surface area contributed by atoms with Crippen molar-refractivity contribution in [3.63, 3.8) is 0 Å². The summed E-state index contributed by atoms with van der Waals surface area (Å²) in [6, 6.07) is 5.50.